The van der Waals surface area contributed by atoms with Gasteiger partial charge < -0.3 is 48.9 Å². The van der Waals surface area contributed by atoms with Crippen LogP contribution in [0, 0.1) is 0 Å². The van der Waals surface area contributed by atoms with Gasteiger partial charge in [-0.05, 0) is 51.1 Å². The van der Waals surface area contributed by atoms with Crippen LogP contribution in [0.1, 0.15) is 57.1 Å². The highest BCUT2D eigenvalue weighted by Crippen LogP contribution is 2.15. The molecule has 2 rings (SSSR count). The van der Waals surface area contributed by atoms with Crippen molar-refractivity contribution in [2.24, 2.45) is 22.2 Å². The van der Waals surface area contributed by atoms with Gasteiger partial charge in [-0.3, -0.25) is 33.8 Å². The smallest absolute Gasteiger partial charge is 0.305 e. The Morgan fingerprint density at radius 1 is 0.767 bits per heavy atom. The zero-order valence-corrected chi connectivity index (χ0v) is 24.0. The molecule has 43 heavy (non-hydrogen) atoms. The molecule has 1 aliphatic rings. The molecule has 1 aliphatic heterocycles. The van der Waals surface area contributed by atoms with Gasteiger partial charge in [0.05, 0.1) is 6.42 Å². The van der Waals surface area contributed by atoms with Crippen molar-refractivity contribution < 1.29 is 33.9 Å². The first-order chi connectivity index (χ1) is 20.4. The van der Waals surface area contributed by atoms with Crippen LogP contribution in [0.5, 0.6) is 0 Å². The third-order valence-corrected chi connectivity index (χ3v) is 6.60. The number of nitrogens with one attached hydrogen (secondary N) is 5. The predicted molar refractivity (Wildman–Crippen MR) is 156 cm³/mol. The summed E-state index contributed by atoms with van der Waals surface area (Å²) in [4.78, 5) is 81.9. The van der Waals surface area contributed by atoms with Crippen LogP contribution in [0.15, 0.2) is 35.3 Å². The predicted octanol–water partition coefficient (Wildman–Crippen LogP) is -2.53. The highest BCUT2D eigenvalue weighted by molar-refractivity contribution is 5.98. The standard InChI is InChI=1S/C27H41N9O7/c1-15-22(39)35-19(14-20(37)38)25(42)36-21(16-8-3-2-4-9-16)26(43)34-17(10-5-6-12-28)24(41)33-18(23(40)32-15)11-7-13-31-27(29)30/h2-4,8-9,15,17-19,21H,5-7,10-14,28H2,1H3,(H,32,40)(H,33,41)(H,34,43)(H,35,39)(H,36,42)(H,37,38)(H4,29,30,31)/t15-,17-,18-,19-,21+/m0/s1. The minimum Gasteiger partial charge on any atom is -0.481 e. The molecule has 0 spiro atoms. The maximum atomic E-state index is 13.6. The van der Waals surface area contributed by atoms with Crippen molar-refractivity contribution >= 4 is 41.5 Å². The van der Waals surface area contributed by atoms with Crippen LogP contribution in [-0.2, 0) is 28.8 Å². The number of aliphatic carboxylic acids is 1. The fourth-order valence-corrected chi connectivity index (χ4v) is 4.31. The van der Waals surface area contributed by atoms with Crippen LogP contribution < -0.4 is 43.8 Å². The van der Waals surface area contributed by atoms with E-state index in [1.807, 2.05) is 0 Å². The number of hydrogen-bond acceptors (Lipinski definition) is 8. The van der Waals surface area contributed by atoms with Gasteiger partial charge in [0, 0.05) is 6.54 Å². The third-order valence-electron chi connectivity index (χ3n) is 6.60. The molecule has 5 amide bonds. The lowest BCUT2D eigenvalue weighted by Crippen LogP contribution is -2.57. The van der Waals surface area contributed by atoms with E-state index in [-0.39, 0.29) is 31.8 Å². The molecule has 1 aromatic carbocycles. The van der Waals surface area contributed by atoms with E-state index in [0.717, 1.165) is 0 Å². The number of amides is 5. The Balaban J connectivity index is 2.51. The number of rotatable bonds is 11. The van der Waals surface area contributed by atoms with Crippen molar-refractivity contribution in [2.75, 3.05) is 13.1 Å². The largest absolute Gasteiger partial charge is 0.481 e. The van der Waals surface area contributed by atoms with Crippen molar-refractivity contribution in [1.29, 1.82) is 0 Å². The summed E-state index contributed by atoms with van der Waals surface area (Å²) in [6.07, 6.45) is 0.774. The van der Waals surface area contributed by atoms with Crippen LogP contribution in [0.3, 0.4) is 0 Å². The summed E-state index contributed by atoms with van der Waals surface area (Å²) >= 11 is 0. The molecule has 5 atom stereocenters. The summed E-state index contributed by atoms with van der Waals surface area (Å²) in [5.74, 6) is -5.47. The Morgan fingerprint density at radius 2 is 1.33 bits per heavy atom. The number of nitrogens with zero attached hydrogens (tertiary/aromatic N) is 1. The topological polar surface area (TPSA) is 273 Å². The normalized spacial score (nSPS) is 23.8. The Morgan fingerprint density at radius 3 is 1.93 bits per heavy atom. The van der Waals surface area contributed by atoms with Crippen LogP contribution >= 0.6 is 0 Å². The van der Waals surface area contributed by atoms with E-state index in [1.165, 1.54) is 6.92 Å². The minimum atomic E-state index is -1.58. The van der Waals surface area contributed by atoms with E-state index in [0.29, 0.717) is 24.9 Å². The number of carboxylic acid groups (broad SMARTS) is 1. The first kappa shape index (κ1) is 34.5. The van der Waals surface area contributed by atoms with Crippen molar-refractivity contribution in [3.05, 3.63) is 35.9 Å². The molecule has 1 fully saturated rings. The first-order valence-corrected chi connectivity index (χ1v) is 14.0. The summed E-state index contributed by atoms with van der Waals surface area (Å²) in [7, 11) is 0. The average Bonchev–Trinajstić information content (AvgIpc) is 2.95. The Labute approximate surface area is 249 Å². The lowest BCUT2D eigenvalue weighted by atomic mass is 10.0. The van der Waals surface area contributed by atoms with Crippen molar-refractivity contribution in [3.63, 3.8) is 0 Å². The van der Waals surface area contributed by atoms with E-state index in [4.69, 9.17) is 17.2 Å². The second kappa shape index (κ2) is 17.3. The van der Waals surface area contributed by atoms with Gasteiger partial charge in [0.2, 0.25) is 29.5 Å². The number of carbonyl (C=O) groups excluding carboxylic acids is 5. The highest BCUT2D eigenvalue weighted by atomic mass is 16.4. The fourth-order valence-electron chi connectivity index (χ4n) is 4.31. The average molecular weight is 604 g/mol. The van der Waals surface area contributed by atoms with Crippen LogP contribution in [0.25, 0.3) is 0 Å². The molecule has 0 saturated carbocycles. The number of carboxylic acids is 1. The molecule has 16 nitrogen and oxygen atoms in total. The monoisotopic (exact) mass is 603 g/mol. The molecule has 12 N–H and O–H groups in total. The van der Waals surface area contributed by atoms with E-state index in [2.05, 4.69) is 31.6 Å². The van der Waals surface area contributed by atoms with Crippen molar-refractivity contribution in [1.82, 2.24) is 26.6 Å². The number of aliphatic imine (C=N–C) groups is 1. The number of carbonyl (C=O) groups is 6. The molecule has 1 aromatic rings. The third kappa shape index (κ3) is 11.6. The van der Waals surface area contributed by atoms with E-state index < -0.39 is 72.1 Å². The lowest BCUT2D eigenvalue weighted by molar-refractivity contribution is -0.141. The quantitative estimate of drug-likeness (QED) is 0.0727. The maximum Gasteiger partial charge on any atom is 0.305 e. The van der Waals surface area contributed by atoms with Gasteiger partial charge >= 0.3 is 5.97 Å². The molecule has 0 unspecified atom stereocenters. The molecular formula is C27H41N9O7. The van der Waals surface area contributed by atoms with Gasteiger partial charge in [-0.25, -0.2) is 0 Å². The van der Waals surface area contributed by atoms with Crippen LogP contribution in [0.2, 0.25) is 0 Å². The van der Waals surface area contributed by atoms with Gasteiger partial charge in [0.1, 0.15) is 30.2 Å². The molecule has 1 saturated heterocycles. The summed E-state index contributed by atoms with van der Waals surface area (Å²) < 4.78 is 0. The number of hydrogen-bond donors (Lipinski definition) is 9. The van der Waals surface area contributed by atoms with Gasteiger partial charge in [0.25, 0.3) is 0 Å². The molecule has 0 radical (unpaired) electrons. The van der Waals surface area contributed by atoms with Gasteiger partial charge in [-0.1, -0.05) is 30.3 Å². The molecule has 16 heteroatoms. The Kier molecular flexibility index (Phi) is 13.9. The summed E-state index contributed by atoms with van der Waals surface area (Å²) in [5.41, 5.74) is 16.7. The maximum absolute atomic E-state index is 13.6. The van der Waals surface area contributed by atoms with Gasteiger partial charge in [-0.15, -0.1) is 0 Å². The summed E-state index contributed by atoms with van der Waals surface area (Å²) in [5, 5.41) is 22.0. The highest BCUT2D eigenvalue weighted by Gasteiger charge is 2.34. The summed E-state index contributed by atoms with van der Waals surface area (Å²) in [6.45, 7) is 1.86. The van der Waals surface area contributed by atoms with Crippen LogP contribution in [-0.4, -0.2) is 83.8 Å². The Bertz CT molecular complexity index is 1170. The molecule has 0 aliphatic carbocycles. The molecule has 1 heterocycles. The number of unbranched alkanes of at least 4 members (excludes halogenated alkanes) is 1. The second-order valence-corrected chi connectivity index (χ2v) is 10.1. The molecule has 0 bridgehead atoms. The zero-order valence-electron chi connectivity index (χ0n) is 24.0. The van der Waals surface area contributed by atoms with E-state index in [1.54, 1.807) is 30.3 Å². The number of nitrogens with two attached hydrogens (primary N) is 3. The SMILES string of the molecule is C[C@@H]1NC(=O)[C@H](CCCN=C(N)N)NC(=O)[C@H](CCCCN)NC(=O)[C@@H](c2ccccc2)NC(=O)[C@H](CC(=O)O)NC1=O. The van der Waals surface area contributed by atoms with Gasteiger partial charge in [0.15, 0.2) is 5.96 Å². The minimum absolute atomic E-state index is 0.0838. The second-order valence-electron chi connectivity index (χ2n) is 10.1. The van der Waals surface area contributed by atoms with Crippen LogP contribution in [0.4, 0.5) is 0 Å². The van der Waals surface area contributed by atoms with E-state index >= 15 is 0 Å². The lowest BCUT2D eigenvalue weighted by Gasteiger charge is -2.26. The number of guanidine groups is 1. The zero-order chi connectivity index (χ0) is 31.9. The molecule has 0 aromatic heterocycles. The summed E-state index contributed by atoms with van der Waals surface area (Å²) in [6, 6.07) is 1.72. The number of benzene rings is 1. The molecule has 236 valence electrons. The molecular weight excluding hydrogens is 562 g/mol. The van der Waals surface area contributed by atoms with Crippen molar-refractivity contribution in [2.45, 2.75) is 75.7 Å². The Hall–Kier alpha value is -4.73. The first-order valence-electron chi connectivity index (χ1n) is 14.0. The fraction of sp³-hybridized carbons (Fsp3) is 0.519. The van der Waals surface area contributed by atoms with Crippen molar-refractivity contribution in [3.8, 4) is 0 Å². The van der Waals surface area contributed by atoms with E-state index in [9.17, 15) is 33.9 Å². The van der Waals surface area contributed by atoms with Gasteiger partial charge in [-0.2, -0.15) is 0 Å².